The Kier molecular flexibility index (Phi) is 3.65. The Labute approximate surface area is 126 Å². The van der Waals surface area contributed by atoms with E-state index in [0.29, 0.717) is 28.4 Å². The van der Waals surface area contributed by atoms with Gasteiger partial charge in [0.1, 0.15) is 11.4 Å². The van der Waals surface area contributed by atoms with Gasteiger partial charge in [-0.15, -0.1) is 0 Å². The number of ether oxygens (including phenoxy) is 1. The number of benzene rings is 2. The lowest BCUT2D eigenvalue weighted by molar-refractivity contribution is -0.115. The van der Waals surface area contributed by atoms with Gasteiger partial charge in [0.05, 0.1) is 19.2 Å². The highest BCUT2D eigenvalue weighted by molar-refractivity contribution is 5.96. The third kappa shape index (κ3) is 2.71. The highest BCUT2D eigenvalue weighted by Gasteiger charge is 2.14. The second kappa shape index (κ2) is 5.77. The molecule has 6 nitrogen and oxygen atoms in total. The van der Waals surface area contributed by atoms with Crippen molar-refractivity contribution in [3.63, 3.8) is 0 Å². The molecule has 1 aromatic heterocycles. The number of nitrogen functional groups attached to an aromatic ring is 1. The van der Waals surface area contributed by atoms with Crippen molar-refractivity contribution in [2.45, 2.75) is 6.42 Å². The van der Waals surface area contributed by atoms with Crippen LogP contribution in [0.1, 0.15) is 5.69 Å². The number of aromatic nitrogens is 1. The molecule has 3 rings (SSSR count). The van der Waals surface area contributed by atoms with Crippen LogP contribution in [0.5, 0.6) is 5.75 Å². The highest BCUT2D eigenvalue weighted by atomic mass is 16.5. The van der Waals surface area contributed by atoms with Gasteiger partial charge in [-0.2, -0.15) is 0 Å². The van der Waals surface area contributed by atoms with E-state index in [4.69, 9.17) is 15.0 Å². The zero-order valence-corrected chi connectivity index (χ0v) is 12.0. The Hall–Kier alpha value is -3.02. The molecule has 3 N–H and O–H groups in total. The van der Waals surface area contributed by atoms with E-state index in [2.05, 4.69) is 10.5 Å². The zero-order valence-electron chi connectivity index (χ0n) is 12.0. The quantitative estimate of drug-likeness (QED) is 0.722. The third-order valence-corrected chi connectivity index (χ3v) is 3.28. The number of nitrogens with two attached hydrogens (primary N) is 1. The fourth-order valence-corrected chi connectivity index (χ4v) is 2.24. The number of amides is 1. The Morgan fingerprint density at radius 1 is 1.32 bits per heavy atom. The molecule has 0 aliphatic rings. The molecule has 0 aliphatic heterocycles. The van der Waals surface area contributed by atoms with Crippen molar-refractivity contribution in [3.05, 3.63) is 48.2 Å². The second-order valence-corrected chi connectivity index (χ2v) is 4.81. The zero-order chi connectivity index (χ0) is 15.5. The van der Waals surface area contributed by atoms with Gasteiger partial charge in [-0.3, -0.25) is 4.79 Å². The summed E-state index contributed by atoms with van der Waals surface area (Å²) >= 11 is 0. The summed E-state index contributed by atoms with van der Waals surface area (Å²) in [5.74, 6) is 0.329. The van der Waals surface area contributed by atoms with E-state index in [1.807, 2.05) is 24.3 Å². The lowest BCUT2D eigenvalue weighted by Crippen LogP contribution is -2.15. The lowest BCUT2D eigenvalue weighted by Gasteiger charge is -2.10. The molecule has 3 aromatic rings. The summed E-state index contributed by atoms with van der Waals surface area (Å²) in [4.78, 5) is 12.2. The van der Waals surface area contributed by atoms with Gasteiger partial charge in [-0.25, -0.2) is 0 Å². The van der Waals surface area contributed by atoms with Crippen LogP contribution in [0.3, 0.4) is 0 Å². The molecule has 112 valence electrons. The van der Waals surface area contributed by atoms with Crippen LogP contribution in [0.25, 0.3) is 11.0 Å². The number of methoxy groups -OCH3 is 1. The van der Waals surface area contributed by atoms with E-state index < -0.39 is 0 Å². The largest absolute Gasteiger partial charge is 0.495 e. The molecule has 1 amide bonds. The van der Waals surface area contributed by atoms with Crippen LogP contribution in [0.4, 0.5) is 11.4 Å². The van der Waals surface area contributed by atoms with E-state index in [-0.39, 0.29) is 12.3 Å². The predicted octanol–water partition coefficient (Wildman–Crippen LogP) is 2.60. The number of nitrogens with one attached hydrogen (secondary N) is 1. The first kappa shape index (κ1) is 13.9. The van der Waals surface area contributed by atoms with Crippen LogP contribution in [0.15, 0.2) is 47.0 Å². The molecule has 0 radical (unpaired) electrons. The predicted molar refractivity (Wildman–Crippen MR) is 83.7 cm³/mol. The topological polar surface area (TPSA) is 90.4 Å². The molecule has 2 aromatic carbocycles. The summed E-state index contributed by atoms with van der Waals surface area (Å²) in [5.41, 5.74) is 8.06. The highest BCUT2D eigenvalue weighted by Crippen LogP contribution is 2.27. The number of carbonyl (C=O) groups is 1. The number of hydrogen-bond donors (Lipinski definition) is 2. The molecule has 0 aliphatic carbocycles. The fraction of sp³-hybridized carbons (Fsp3) is 0.125. The second-order valence-electron chi connectivity index (χ2n) is 4.81. The minimum Gasteiger partial charge on any atom is -0.495 e. The fourth-order valence-electron chi connectivity index (χ4n) is 2.24. The molecule has 0 unspecified atom stereocenters. The van der Waals surface area contributed by atoms with E-state index >= 15 is 0 Å². The van der Waals surface area contributed by atoms with Crippen molar-refractivity contribution in [1.82, 2.24) is 5.16 Å². The van der Waals surface area contributed by atoms with E-state index in [1.165, 1.54) is 7.11 Å². The summed E-state index contributed by atoms with van der Waals surface area (Å²) in [6.45, 7) is 0. The number of fused-ring (bicyclic) bond motifs is 1. The maximum absolute atomic E-state index is 12.2. The smallest absolute Gasteiger partial charge is 0.230 e. The average Bonchev–Trinajstić information content (AvgIpc) is 2.91. The number of carbonyl (C=O) groups excluding carboxylic acids is 1. The summed E-state index contributed by atoms with van der Waals surface area (Å²) in [7, 11) is 1.53. The van der Waals surface area contributed by atoms with Gasteiger partial charge < -0.3 is 20.3 Å². The molecule has 0 saturated carbocycles. The van der Waals surface area contributed by atoms with Gasteiger partial charge >= 0.3 is 0 Å². The molecule has 0 fully saturated rings. The normalized spacial score (nSPS) is 10.6. The summed E-state index contributed by atoms with van der Waals surface area (Å²) in [5, 5.41) is 7.56. The van der Waals surface area contributed by atoms with Crippen LogP contribution in [0.2, 0.25) is 0 Å². The van der Waals surface area contributed by atoms with E-state index in [0.717, 1.165) is 5.39 Å². The molecule has 22 heavy (non-hydrogen) atoms. The number of hydrogen-bond acceptors (Lipinski definition) is 5. The number of nitrogens with zero attached hydrogens (tertiary/aromatic N) is 1. The van der Waals surface area contributed by atoms with Gasteiger partial charge in [0, 0.05) is 11.1 Å². The van der Waals surface area contributed by atoms with Gasteiger partial charge in [0.25, 0.3) is 0 Å². The van der Waals surface area contributed by atoms with Crippen LogP contribution >= 0.6 is 0 Å². The molecule has 6 heteroatoms. The Morgan fingerprint density at radius 3 is 2.95 bits per heavy atom. The van der Waals surface area contributed by atoms with Crippen molar-refractivity contribution < 1.29 is 14.1 Å². The Balaban J connectivity index is 1.79. The first-order valence-electron chi connectivity index (χ1n) is 6.74. The first-order valence-corrected chi connectivity index (χ1v) is 6.74. The number of para-hydroxylation sites is 1. The Bertz CT molecular complexity index is 826. The molecule has 0 saturated heterocycles. The summed E-state index contributed by atoms with van der Waals surface area (Å²) in [6.07, 6.45) is 0.106. The monoisotopic (exact) mass is 297 g/mol. The van der Waals surface area contributed by atoms with Gasteiger partial charge in [0.15, 0.2) is 5.58 Å². The van der Waals surface area contributed by atoms with Gasteiger partial charge in [0.2, 0.25) is 5.91 Å². The molecule has 1 heterocycles. The maximum Gasteiger partial charge on any atom is 0.230 e. The SMILES string of the molecule is COc1ccc(N)cc1NC(=O)Cc1noc2ccccc12. The third-order valence-electron chi connectivity index (χ3n) is 3.28. The molecule has 0 bridgehead atoms. The van der Waals surface area contributed by atoms with Crippen molar-refractivity contribution >= 4 is 28.3 Å². The van der Waals surface area contributed by atoms with Crippen LogP contribution in [0, 0.1) is 0 Å². The van der Waals surface area contributed by atoms with E-state index in [1.54, 1.807) is 18.2 Å². The molecular formula is C16H15N3O3. The summed E-state index contributed by atoms with van der Waals surface area (Å²) in [6, 6.07) is 12.5. The minimum absolute atomic E-state index is 0.106. The minimum atomic E-state index is -0.219. The molecular weight excluding hydrogens is 282 g/mol. The number of rotatable bonds is 4. The van der Waals surface area contributed by atoms with Crippen molar-refractivity contribution in [2.24, 2.45) is 0 Å². The average molecular weight is 297 g/mol. The van der Waals surface area contributed by atoms with Crippen molar-refractivity contribution in [3.8, 4) is 5.75 Å². The van der Waals surface area contributed by atoms with Gasteiger partial charge in [-0.05, 0) is 30.3 Å². The van der Waals surface area contributed by atoms with Gasteiger partial charge in [-0.1, -0.05) is 17.3 Å². The maximum atomic E-state index is 12.2. The molecule has 0 atom stereocenters. The van der Waals surface area contributed by atoms with Crippen molar-refractivity contribution in [1.29, 1.82) is 0 Å². The Morgan fingerprint density at radius 2 is 2.14 bits per heavy atom. The first-order chi connectivity index (χ1) is 10.7. The van der Waals surface area contributed by atoms with Crippen molar-refractivity contribution in [2.75, 3.05) is 18.2 Å². The van der Waals surface area contributed by atoms with Crippen LogP contribution < -0.4 is 15.8 Å². The standard InChI is InChI=1S/C16H15N3O3/c1-21-15-7-6-10(17)8-13(15)18-16(20)9-12-11-4-2-3-5-14(11)22-19-12/h2-8H,9,17H2,1H3,(H,18,20). The van der Waals surface area contributed by atoms with Crippen LogP contribution in [-0.2, 0) is 11.2 Å². The lowest BCUT2D eigenvalue weighted by atomic mass is 10.1. The van der Waals surface area contributed by atoms with E-state index in [9.17, 15) is 4.79 Å². The number of anilines is 2. The molecule has 0 spiro atoms. The summed E-state index contributed by atoms with van der Waals surface area (Å²) < 4.78 is 10.4. The van der Waals surface area contributed by atoms with Crippen LogP contribution in [-0.4, -0.2) is 18.2 Å².